The van der Waals surface area contributed by atoms with Crippen LogP contribution in [0.3, 0.4) is 0 Å². The maximum absolute atomic E-state index is 13.0. The van der Waals surface area contributed by atoms with Crippen LogP contribution in [0.25, 0.3) is 10.4 Å². The lowest BCUT2D eigenvalue weighted by atomic mass is 9.94. The quantitative estimate of drug-likeness (QED) is 0.476. The Labute approximate surface area is 174 Å². The van der Waals surface area contributed by atoms with E-state index < -0.39 is 20.5 Å². The van der Waals surface area contributed by atoms with Crippen LogP contribution in [0.15, 0.2) is 36.4 Å². The number of nitrogens with one attached hydrogen (secondary N) is 2. The molecule has 1 saturated heterocycles. The van der Waals surface area contributed by atoms with Crippen molar-refractivity contribution in [3.8, 4) is 10.4 Å². The molecule has 0 aliphatic carbocycles. The SMILES string of the molecule is CCNC(=O)c1ccc(-c2ccc([C@@]3(CC(=O)NO)CCCCS3(=O)=O)s2)cc1. The van der Waals surface area contributed by atoms with E-state index >= 15 is 0 Å². The standard InChI is InChI=1S/C20H24N2O5S2/c1-2-21-19(24)15-7-5-14(6-8-15)16-9-10-17(28-16)20(13-18(23)22-25)11-3-4-12-29(20,26)27/h5-10,25H,2-4,11-13H2,1H3,(H,21,24)(H,22,23)/t20-/m0/s1. The minimum Gasteiger partial charge on any atom is -0.352 e. The van der Waals surface area contributed by atoms with Crippen molar-refractivity contribution in [2.24, 2.45) is 0 Å². The highest BCUT2D eigenvalue weighted by atomic mass is 32.2. The molecule has 1 aromatic heterocycles. The van der Waals surface area contributed by atoms with Crippen LogP contribution in [-0.2, 0) is 19.4 Å². The molecular weight excluding hydrogens is 412 g/mol. The number of carbonyl (C=O) groups is 2. The predicted octanol–water partition coefficient (Wildman–Crippen LogP) is 2.85. The minimum absolute atomic E-state index is 0.0280. The third-order valence-electron chi connectivity index (χ3n) is 5.23. The van der Waals surface area contributed by atoms with Crippen LogP contribution in [0, 0.1) is 0 Å². The molecule has 0 bridgehead atoms. The Morgan fingerprint density at radius 3 is 2.48 bits per heavy atom. The van der Waals surface area contributed by atoms with Gasteiger partial charge in [-0.1, -0.05) is 18.6 Å². The molecule has 1 aliphatic heterocycles. The number of carbonyl (C=O) groups excluding carboxylic acids is 2. The number of hydrogen-bond acceptors (Lipinski definition) is 6. The van der Waals surface area contributed by atoms with Gasteiger partial charge in [0.1, 0.15) is 4.75 Å². The number of hydroxylamine groups is 1. The van der Waals surface area contributed by atoms with Crippen LogP contribution in [0.2, 0.25) is 0 Å². The molecule has 1 atom stereocenters. The van der Waals surface area contributed by atoms with Gasteiger partial charge in [-0.2, -0.15) is 0 Å². The minimum atomic E-state index is -3.55. The summed E-state index contributed by atoms with van der Waals surface area (Å²) >= 11 is 1.33. The van der Waals surface area contributed by atoms with Gasteiger partial charge in [0.2, 0.25) is 5.91 Å². The van der Waals surface area contributed by atoms with E-state index in [0.717, 1.165) is 10.4 Å². The average Bonchev–Trinajstić information content (AvgIpc) is 3.20. The molecule has 0 spiro atoms. The average molecular weight is 437 g/mol. The number of sulfone groups is 1. The maximum Gasteiger partial charge on any atom is 0.251 e. The number of hydrogen-bond donors (Lipinski definition) is 3. The summed E-state index contributed by atoms with van der Waals surface area (Å²) in [5, 5.41) is 11.7. The van der Waals surface area contributed by atoms with Crippen molar-refractivity contribution < 1.29 is 23.2 Å². The summed E-state index contributed by atoms with van der Waals surface area (Å²) in [5.74, 6) is -0.829. The number of rotatable bonds is 6. The highest BCUT2D eigenvalue weighted by Gasteiger charge is 2.49. The van der Waals surface area contributed by atoms with Gasteiger partial charge < -0.3 is 5.32 Å². The Morgan fingerprint density at radius 1 is 1.14 bits per heavy atom. The fraction of sp³-hybridized carbons (Fsp3) is 0.400. The van der Waals surface area contributed by atoms with E-state index in [9.17, 15) is 18.0 Å². The Balaban J connectivity index is 1.95. The van der Waals surface area contributed by atoms with Crippen molar-refractivity contribution in [3.05, 3.63) is 46.8 Å². The number of thiophene rings is 1. The van der Waals surface area contributed by atoms with Crippen molar-refractivity contribution in [2.45, 2.75) is 37.4 Å². The third-order valence-corrected chi connectivity index (χ3v) is 9.29. The lowest BCUT2D eigenvalue weighted by Gasteiger charge is -2.35. The molecule has 29 heavy (non-hydrogen) atoms. The molecule has 1 aromatic carbocycles. The van der Waals surface area contributed by atoms with Gasteiger partial charge in [0.05, 0.1) is 12.2 Å². The summed E-state index contributed by atoms with van der Waals surface area (Å²) < 4.78 is 24.6. The number of benzene rings is 1. The second-order valence-corrected chi connectivity index (χ2v) is 10.6. The maximum atomic E-state index is 13.0. The molecule has 0 saturated carbocycles. The molecule has 3 N–H and O–H groups in total. The first-order valence-corrected chi connectivity index (χ1v) is 11.9. The van der Waals surface area contributed by atoms with E-state index in [2.05, 4.69) is 5.32 Å². The largest absolute Gasteiger partial charge is 0.352 e. The Morgan fingerprint density at radius 2 is 1.86 bits per heavy atom. The topological polar surface area (TPSA) is 113 Å². The highest BCUT2D eigenvalue weighted by molar-refractivity contribution is 7.92. The van der Waals surface area contributed by atoms with Gasteiger partial charge in [-0.15, -0.1) is 11.3 Å². The first kappa shape index (κ1) is 21.5. The molecule has 0 radical (unpaired) electrons. The molecular formula is C20H24N2O5S2. The zero-order valence-corrected chi connectivity index (χ0v) is 17.7. The molecule has 0 unspecified atom stereocenters. The summed E-state index contributed by atoms with van der Waals surface area (Å²) in [5.41, 5.74) is 2.99. The monoisotopic (exact) mass is 436 g/mol. The zero-order chi connectivity index (χ0) is 21.1. The van der Waals surface area contributed by atoms with Gasteiger partial charge >= 0.3 is 0 Å². The van der Waals surface area contributed by atoms with Gasteiger partial charge in [0, 0.05) is 21.9 Å². The van der Waals surface area contributed by atoms with Crippen molar-refractivity contribution >= 4 is 33.0 Å². The van der Waals surface area contributed by atoms with Crippen molar-refractivity contribution in [1.29, 1.82) is 0 Å². The van der Waals surface area contributed by atoms with Crippen molar-refractivity contribution in [1.82, 2.24) is 10.8 Å². The summed E-state index contributed by atoms with van der Waals surface area (Å²) in [6.45, 7) is 2.40. The van der Waals surface area contributed by atoms with Crippen molar-refractivity contribution in [3.63, 3.8) is 0 Å². The summed E-state index contributed by atoms with van der Waals surface area (Å²) in [7, 11) is -3.55. The summed E-state index contributed by atoms with van der Waals surface area (Å²) in [4.78, 5) is 25.3. The lowest BCUT2D eigenvalue weighted by Crippen LogP contribution is -2.43. The summed E-state index contributed by atoms with van der Waals surface area (Å²) in [6.07, 6.45) is 1.32. The van der Waals surface area contributed by atoms with Gasteiger partial charge in [-0.25, -0.2) is 13.9 Å². The van der Waals surface area contributed by atoms with E-state index in [1.807, 2.05) is 25.1 Å². The van der Waals surface area contributed by atoms with E-state index in [-0.39, 0.29) is 18.1 Å². The van der Waals surface area contributed by atoms with Crippen LogP contribution in [0.5, 0.6) is 0 Å². The highest BCUT2D eigenvalue weighted by Crippen LogP contribution is 2.47. The molecule has 2 aromatic rings. The van der Waals surface area contributed by atoms with Gasteiger partial charge in [-0.05, 0) is 49.6 Å². The molecule has 2 amide bonds. The molecule has 2 heterocycles. The van der Waals surface area contributed by atoms with Crippen LogP contribution in [0.1, 0.15) is 47.8 Å². The van der Waals surface area contributed by atoms with Crippen LogP contribution in [-0.4, -0.2) is 37.7 Å². The van der Waals surface area contributed by atoms with Crippen LogP contribution >= 0.6 is 11.3 Å². The molecule has 1 aliphatic rings. The van der Waals surface area contributed by atoms with Gasteiger partial charge in [0.25, 0.3) is 5.91 Å². The van der Waals surface area contributed by atoms with E-state index in [1.54, 1.807) is 23.7 Å². The Bertz CT molecular complexity index is 998. The van der Waals surface area contributed by atoms with Crippen molar-refractivity contribution in [2.75, 3.05) is 12.3 Å². The van der Waals surface area contributed by atoms with Crippen LogP contribution in [0.4, 0.5) is 0 Å². The number of amides is 2. The molecule has 156 valence electrons. The third kappa shape index (κ3) is 4.22. The molecule has 1 fully saturated rings. The first-order valence-electron chi connectivity index (χ1n) is 9.47. The van der Waals surface area contributed by atoms with Crippen LogP contribution < -0.4 is 10.8 Å². The smallest absolute Gasteiger partial charge is 0.251 e. The normalized spacial score (nSPS) is 20.8. The van der Waals surface area contributed by atoms with E-state index in [0.29, 0.717) is 36.2 Å². The lowest BCUT2D eigenvalue weighted by molar-refractivity contribution is -0.130. The zero-order valence-electron chi connectivity index (χ0n) is 16.1. The summed E-state index contributed by atoms with van der Waals surface area (Å²) in [6, 6.07) is 10.7. The van der Waals surface area contributed by atoms with Gasteiger partial charge in [0.15, 0.2) is 9.84 Å². The fourth-order valence-electron chi connectivity index (χ4n) is 3.70. The molecule has 3 rings (SSSR count). The second kappa shape index (κ2) is 8.64. The Kier molecular flexibility index (Phi) is 6.40. The predicted molar refractivity (Wildman–Crippen MR) is 112 cm³/mol. The molecule has 9 heteroatoms. The fourth-order valence-corrected chi connectivity index (χ4v) is 7.49. The van der Waals surface area contributed by atoms with E-state index in [4.69, 9.17) is 5.21 Å². The first-order chi connectivity index (χ1) is 13.8. The Hall–Kier alpha value is -2.23. The second-order valence-electron chi connectivity index (χ2n) is 7.08. The van der Waals surface area contributed by atoms with Gasteiger partial charge in [-0.3, -0.25) is 14.8 Å². The molecule has 7 nitrogen and oxygen atoms in total. The van der Waals surface area contributed by atoms with E-state index in [1.165, 1.54) is 11.3 Å².